The molecule has 0 fully saturated rings. The van der Waals surface area contributed by atoms with Crippen molar-refractivity contribution in [2.75, 3.05) is 7.11 Å². The summed E-state index contributed by atoms with van der Waals surface area (Å²) in [4.78, 5) is 4.22. The number of pyridine rings is 1. The van der Waals surface area contributed by atoms with Crippen molar-refractivity contribution in [1.29, 1.82) is 0 Å². The highest BCUT2D eigenvalue weighted by Gasteiger charge is 2.03. The van der Waals surface area contributed by atoms with Crippen LogP contribution >= 0.6 is 0 Å². The maximum Gasteiger partial charge on any atom is 0.120 e. The molecular weight excluding hydrogens is 228 g/mol. The molecule has 0 bridgehead atoms. The quantitative estimate of drug-likeness (QED) is 0.845. The van der Waals surface area contributed by atoms with Crippen LogP contribution in [0.3, 0.4) is 0 Å². The molecule has 0 spiro atoms. The SMILES string of the molecule is COc1ccc(O)c(CNCc2ccccn2)c1. The van der Waals surface area contributed by atoms with Gasteiger partial charge in [-0.2, -0.15) is 0 Å². The molecule has 1 aromatic carbocycles. The van der Waals surface area contributed by atoms with Crippen molar-refractivity contribution in [3.05, 3.63) is 53.9 Å². The zero-order valence-electron chi connectivity index (χ0n) is 10.3. The lowest BCUT2D eigenvalue weighted by molar-refractivity contribution is 0.410. The van der Waals surface area contributed by atoms with Gasteiger partial charge in [-0.1, -0.05) is 6.07 Å². The van der Waals surface area contributed by atoms with Crippen molar-refractivity contribution >= 4 is 0 Å². The van der Waals surface area contributed by atoms with Gasteiger partial charge >= 0.3 is 0 Å². The molecule has 0 aliphatic rings. The fourth-order valence-corrected chi connectivity index (χ4v) is 1.66. The second-order valence-corrected chi connectivity index (χ2v) is 3.92. The van der Waals surface area contributed by atoms with Crippen LogP contribution in [0.25, 0.3) is 0 Å². The summed E-state index contributed by atoms with van der Waals surface area (Å²) in [6, 6.07) is 11.0. The number of benzene rings is 1. The summed E-state index contributed by atoms with van der Waals surface area (Å²) in [6.07, 6.45) is 1.76. The lowest BCUT2D eigenvalue weighted by Gasteiger charge is -2.08. The Hall–Kier alpha value is -2.07. The molecule has 0 saturated carbocycles. The summed E-state index contributed by atoms with van der Waals surface area (Å²) < 4.78 is 5.12. The average Bonchev–Trinajstić information content (AvgIpc) is 2.42. The lowest BCUT2D eigenvalue weighted by atomic mass is 10.2. The minimum absolute atomic E-state index is 0.268. The Kier molecular flexibility index (Phi) is 4.15. The van der Waals surface area contributed by atoms with Crippen molar-refractivity contribution in [2.45, 2.75) is 13.1 Å². The molecule has 0 atom stereocenters. The third kappa shape index (κ3) is 3.21. The highest BCUT2D eigenvalue weighted by molar-refractivity contribution is 5.39. The maximum atomic E-state index is 9.72. The third-order valence-corrected chi connectivity index (χ3v) is 2.63. The summed E-state index contributed by atoms with van der Waals surface area (Å²) in [5, 5.41) is 12.9. The van der Waals surface area contributed by atoms with Crippen molar-refractivity contribution in [2.24, 2.45) is 0 Å². The van der Waals surface area contributed by atoms with E-state index in [4.69, 9.17) is 4.74 Å². The number of nitrogens with one attached hydrogen (secondary N) is 1. The Labute approximate surface area is 106 Å². The molecule has 0 amide bonds. The van der Waals surface area contributed by atoms with E-state index in [9.17, 15) is 5.11 Å². The molecule has 4 nitrogen and oxygen atoms in total. The van der Waals surface area contributed by atoms with Crippen LogP contribution in [0.5, 0.6) is 11.5 Å². The number of ether oxygens (including phenoxy) is 1. The van der Waals surface area contributed by atoms with Gasteiger partial charge in [0.15, 0.2) is 0 Å². The summed E-state index contributed by atoms with van der Waals surface area (Å²) in [5.41, 5.74) is 1.78. The van der Waals surface area contributed by atoms with Crippen molar-refractivity contribution in [1.82, 2.24) is 10.3 Å². The Bertz CT molecular complexity index is 500. The van der Waals surface area contributed by atoms with Gasteiger partial charge in [0.05, 0.1) is 12.8 Å². The van der Waals surface area contributed by atoms with Crippen molar-refractivity contribution in [3.63, 3.8) is 0 Å². The predicted molar refractivity (Wildman–Crippen MR) is 69.4 cm³/mol. The second kappa shape index (κ2) is 6.02. The largest absolute Gasteiger partial charge is 0.508 e. The van der Waals surface area contributed by atoms with E-state index in [2.05, 4.69) is 10.3 Å². The Morgan fingerprint density at radius 1 is 1.22 bits per heavy atom. The molecule has 0 aliphatic carbocycles. The summed E-state index contributed by atoms with van der Waals surface area (Å²) in [7, 11) is 1.61. The molecular formula is C14H16N2O2. The number of phenolic OH excluding ortho intramolecular Hbond substituents is 1. The Morgan fingerprint density at radius 3 is 2.83 bits per heavy atom. The maximum absolute atomic E-state index is 9.72. The van der Waals surface area contributed by atoms with Gasteiger partial charge < -0.3 is 15.2 Å². The minimum atomic E-state index is 0.268. The predicted octanol–water partition coefficient (Wildman–Crippen LogP) is 2.09. The van der Waals surface area contributed by atoms with E-state index < -0.39 is 0 Å². The topological polar surface area (TPSA) is 54.4 Å². The van der Waals surface area contributed by atoms with Gasteiger partial charge in [-0.3, -0.25) is 4.98 Å². The summed E-state index contributed by atoms with van der Waals surface area (Å²) >= 11 is 0. The zero-order valence-corrected chi connectivity index (χ0v) is 10.3. The molecule has 4 heteroatoms. The molecule has 2 rings (SSSR count). The summed E-state index contributed by atoms with van der Waals surface area (Å²) in [6.45, 7) is 1.23. The highest BCUT2D eigenvalue weighted by atomic mass is 16.5. The van der Waals surface area contributed by atoms with Crippen LogP contribution in [0, 0.1) is 0 Å². The number of methoxy groups -OCH3 is 1. The van der Waals surface area contributed by atoms with Gasteiger partial charge in [0.1, 0.15) is 11.5 Å². The minimum Gasteiger partial charge on any atom is -0.508 e. The van der Waals surface area contributed by atoms with Crippen LogP contribution in [0.1, 0.15) is 11.3 Å². The molecule has 0 saturated heterocycles. The fraction of sp³-hybridized carbons (Fsp3) is 0.214. The fourth-order valence-electron chi connectivity index (χ4n) is 1.66. The van der Waals surface area contributed by atoms with Crippen molar-refractivity contribution < 1.29 is 9.84 Å². The van der Waals surface area contributed by atoms with Crippen molar-refractivity contribution in [3.8, 4) is 11.5 Å². The van der Waals surface area contributed by atoms with E-state index in [-0.39, 0.29) is 5.75 Å². The Balaban J connectivity index is 1.94. The molecule has 1 heterocycles. The van der Waals surface area contributed by atoms with E-state index >= 15 is 0 Å². The highest BCUT2D eigenvalue weighted by Crippen LogP contribution is 2.22. The molecule has 18 heavy (non-hydrogen) atoms. The van der Waals surface area contributed by atoms with E-state index in [1.807, 2.05) is 24.3 Å². The first-order valence-corrected chi connectivity index (χ1v) is 5.76. The van der Waals surface area contributed by atoms with E-state index in [0.717, 1.165) is 17.0 Å². The van der Waals surface area contributed by atoms with E-state index in [0.29, 0.717) is 13.1 Å². The second-order valence-electron chi connectivity index (χ2n) is 3.92. The molecule has 1 aromatic heterocycles. The molecule has 0 unspecified atom stereocenters. The van der Waals surface area contributed by atoms with Crippen LogP contribution in [-0.4, -0.2) is 17.2 Å². The smallest absolute Gasteiger partial charge is 0.120 e. The number of hydrogen-bond donors (Lipinski definition) is 2. The van der Waals surface area contributed by atoms with Gasteiger partial charge in [0, 0.05) is 24.8 Å². The summed E-state index contributed by atoms with van der Waals surface area (Å²) in [5.74, 6) is 1.01. The monoisotopic (exact) mass is 244 g/mol. The molecule has 0 aliphatic heterocycles. The van der Waals surface area contributed by atoms with Gasteiger partial charge in [0.25, 0.3) is 0 Å². The first kappa shape index (κ1) is 12.4. The lowest BCUT2D eigenvalue weighted by Crippen LogP contribution is -2.13. The standard InChI is InChI=1S/C14H16N2O2/c1-18-13-5-6-14(17)11(8-13)9-15-10-12-4-2-3-7-16-12/h2-8,15,17H,9-10H2,1H3. The number of aromatic nitrogens is 1. The average molecular weight is 244 g/mol. The number of nitrogens with zero attached hydrogens (tertiary/aromatic N) is 1. The van der Waals surface area contributed by atoms with Gasteiger partial charge in [-0.05, 0) is 30.3 Å². The van der Waals surface area contributed by atoms with Gasteiger partial charge in [-0.15, -0.1) is 0 Å². The van der Waals surface area contributed by atoms with Crippen LogP contribution in [-0.2, 0) is 13.1 Å². The molecule has 2 N–H and O–H groups in total. The number of aromatic hydroxyl groups is 1. The molecule has 0 radical (unpaired) electrons. The first-order valence-electron chi connectivity index (χ1n) is 5.76. The van der Waals surface area contributed by atoms with Crippen LogP contribution in [0.2, 0.25) is 0 Å². The van der Waals surface area contributed by atoms with Crippen LogP contribution in [0.4, 0.5) is 0 Å². The normalized spacial score (nSPS) is 10.3. The molecule has 94 valence electrons. The number of rotatable bonds is 5. The molecule has 2 aromatic rings. The zero-order chi connectivity index (χ0) is 12.8. The van der Waals surface area contributed by atoms with E-state index in [1.165, 1.54) is 0 Å². The number of phenols is 1. The van der Waals surface area contributed by atoms with Gasteiger partial charge in [0.2, 0.25) is 0 Å². The number of hydrogen-bond acceptors (Lipinski definition) is 4. The first-order chi connectivity index (χ1) is 8.79. The van der Waals surface area contributed by atoms with Crippen LogP contribution < -0.4 is 10.1 Å². The Morgan fingerprint density at radius 2 is 2.11 bits per heavy atom. The van der Waals surface area contributed by atoms with Gasteiger partial charge in [-0.25, -0.2) is 0 Å². The van der Waals surface area contributed by atoms with E-state index in [1.54, 1.807) is 25.4 Å². The third-order valence-electron chi connectivity index (χ3n) is 2.63. The van der Waals surface area contributed by atoms with Crippen LogP contribution in [0.15, 0.2) is 42.6 Å².